The van der Waals surface area contributed by atoms with E-state index in [9.17, 15) is 14.3 Å². The molecule has 106 valence electrons. The lowest BCUT2D eigenvalue weighted by Gasteiger charge is -2.17. The van der Waals surface area contributed by atoms with Crippen LogP contribution >= 0.6 is 11.6 Å². The second-order valence-corrected chi connectivity index (χ2v) is 5.52. The average molecular weight is 297 g/mol. The summed E-state index contributed by atoms with van der Waals surface area (Å²) in [5.41, 5.74) is -0.445. The van der Waals surface area contributed by atoms with Crippen LogP contribution in [0.3, 0.4) is 0 Å². The topological polar surface area (TPSA) is 62.2 Å². The second kappa shape index (κ2) is 5.34. The molecule has 1 amide bonds. The number of amides is 1. The number of nitrogens with one attached hydrogen (secondary N) is 1. The first-order chi connectivity index (χ1) is 9.26. The van der Waals surface area contributed by atoms with Crippen LogP contribution in [0.15, 0.2) is 24.3 Å². The molecule has 0 unspecified atom stereocenters. The van der Waals surface area contributed by atoms with E-state index in [1.54, 1.807) is 19.9 Å². The van der Waals surface area contributed by atoms with Crippen molar-refractivity contribution < 1.29 is 14.3 Å². The summed E-state index contributed by atoms with van der Waals surface area (Å²) >= 11 is 5.94. The number of carbonyl (C=O) groups excluding carboxylic acids is 1. The summed E-state index contributed by atoms with van der Waals surface area (Å²) in [5, 5.41) is 12.8. The van der Waals surface area contributed by atoms with Crippen LogP contribution < -0.4 is 5.32 Å². The van der Waals surface area contributed by atoms with E-state index in [4.69, 9.17) is 11.6 Å². The second-order valence-electron chi connectivity index (χ2n) is 5.16. The van der Waals surface area contributed by atoms with Gasteiger partial charge in [-0.1, -0.05) is 11.6 Å². The Morgan fingerprint density at radius 2 is 2.15 bits per heavy atom. The zero-order valence-corrected chi connectivity index (χ0v) is 11.8. The summed E-state index contributed by atoms with van der Waals surface area (Å²) in [4.78, 5) is 16.0. The molecule has 0 aliphatic heterocycles. The van der Waals surface area contributed by atoms with E-state index in [1.165, 1.54) is 18.2 Å². The van der Waals surface area contributed by atoms with Crippen molar-refractivity contribution in [2.24, 2.45) is 0 Å². The fourth-order valence-corrected chi connectivity index (χ4v) is 1.90. The number of carbonyl (C=O) groups is 1. The molecule has 2 rings (SSSR count). The Morgan fingerprint density at radius 3 is 2.80 bits per heavy atom. The lowest BCUT2D eigenvalue weighted by Crippen LogP contribution is -2.38. The molecule has 0 aliphatic carbocycles. The van der Waals surface area contributed by atoms with Crippen molar-refractivity contribution in [3.8, 4) is 0 Å². The van der Waals surface area contributed by atoms with Gasteiger partial charge in [0.1, 0.15) is 11.0 Å². The van der Waals surface area contributed by atoms with Crippen LogP contribution in [-0.4, -0.2) is 28.1 Å². The first kappa shape index (κ1) is 14.7. The van der Waals surface area contributed by atoms with Crippen LogP contribution in [0.4, 0.5) is 4.39 Å². The Kier molecular flexibility index (Phi) is 3.92. The van der Waals surface area contributed by atoms with Gasteiger partial charge in [0.15, 0.2) is 0 Å². The molecule has 6 heteroatoms. The number of nitrogens with zero attached hydrogens (tertiary/aromatic N) is 1. The zero-order valence-electron chi connectivity index (χ0n) is 11.1. The van der Waals surface area contributed by atoms with Gasteiger partial charge in [-0.3, -0.25) is 4.79 Å². The summed E-state index contributed by atoms with van der Waals surface area (Å²) in [5.74, 6) is -0.851. The molecule has 0 spiro atoms. The molecule has 0 fully saturated rings. The van der Waals surface area contributed by atoms with Crippen LogP contribution in [0.5, 0.6) is 0 Å². The van der Waals surface area contributed by atoms with Crippen molar-refractivity contribution in [1.29, 1.82) is 0 Å². The highest BCUT2D eigenvalue weighted by Gasteiger charge is 2.17. The molecule has 1 aromatic heterocycles. The summed E-state index contributed by atoms with van der Waals surface area (Å²) in [6.45, 7) is 3.25. The van der Waals surface area contributed by atoms with E-state index in [0.717, 1.165) is 0 Å². The van der Waals surface area contributed by atoms with Gasteiger partial charge in [-0.05, 0) is 32.0 Å². The Hall–Kier alpha value is -1.72. The van der Waals surface area contributed by atoms with Crippen molar-refractivity contribution in [3.05, 3.63) is 40.8 Å². The maximum absolute atomic E-state index is 13.1. The van der Waals surface area contributed by atoms with Gasteiger partial charge in [0.25, 0.3) is 5.91 Å². The normalized spacial score (nSPS) is 11.7. The monoisotopic (exact) mass is 296 g/mol. The number of aromatic nitrogens is 1. The van der Waals surface area contributed by atoms with E-state index in [1.807, 2.05) is 0 Å². The highest BCUT2D eigenvalue weighted by atomic mass is 35.5. The van der Waals surface area contributed by atoms with E-state index in [0.29, 0.717) is 10.9 Å². The van der Waals surface area contributed by atoms with E-state index in [2.05, 4.69) is 10.3 Å². The van der Waals surface area contributed by atoms with Crippen LogP contribution in [0, 0.1) is 5.82 Å². The van der Waals surface area contributed by atoms with Crippen molar-refractivity contribution in [2.75, 3.05) is 6.54 Å². The molecule has 0 saturated heterocycles. The molecule has 2 N–H and O–H groups in total. The first-order valence-electron chi connectivity index (χ1n) is 6.03. The Morgan fingerprint density at radius 1 is 1.45 bits per heavy atom. The average Bonchev–Trinajstić information content (AvgIpc) is 2.34. The molecule has 0 saturated carbocycles. The zero-order chi connectivity index (χ0) is 14.9. The molecular weight excluding hydrogens is 283 g/mol. The third-order valence-corrected chi connectivity index (χ3v) is 2.95. The molecule has 0 bridgehead atoms. The third-order valence-electron chi connectivity index (χ3n) is 2.66. The fourth-order valence-electron chi connectivity index (χ4n) is 1.67. The van der Waals surface area contributed by atoms with Crippen LogP contribution in [0.2, 0.25) is 5.15 Å². The van der Waals surface area contributed by atoms with Crippen molar-refractivity contribution >= 4 is 28.4 Å². The number of fused-ring (bicyclic) bond motifs is 1. The highest BCUT2D eigenvalue weighted by molar-refractivity contribution is 6.33. The van der Waals surface area contributed by atoms with Gasteiger partial charge < -0.3 is 10.4 Å². The van der Waals surface area contributed by atoms with Gasteiger partial charge in [0, 0.05) is 18.0 Å². The Bertz CT molecular complexity index is 668. The van der Waals surface area contributed by atoms with Gasteiger partial charge >= 0.3 is 0 Å². The van der Waals surface area contributed by atoms with E-state index in [-0.39, 0.29) is 17.3 Å². The van der Waals surface area contributed by atoms with Crippen molar-refractivity contribution in [3.63, 3.8) is 0 Å². The van der Waals surface area contributed by atoms with Gasteiger partial charge in [-0.25, -0.2) is 9.37 Å². The molecule has 2 aromatic rings. The Balaban J connectivity index is 2.32. The smallest absolute Gasteiger partial charge is 0.254 e. The number of pyridine rings is 1. The van der Waals surface area contributed by atoms with Gasteiger partial charge in [0.2, 0.25) is 0 Å². The summed E-state index contributed by atoms with van der Waals surface area (Å²) in [6.07, 6.45) is 0. The molecule has 0 atom stereocenters. The fraction of sp³-hybridized carbons (Fsp3) is 0.286. The largest absolute Gasteiger partial charge is 0.389 e. The van der Waals surface area contributed by atoms with E-state index >= 15 is 0 Å². The standard InChI is InChI=1S/C14H14ClFN2O2/c1-14(2,20)7-17-13(19)10-5-8-3-4-9(16)6-11(8)18-12(10)15/h3-6,20H,7H2,1-2H3,(H,17,19). The van der Waals surface area contributed by atoms with E-state index < -0.39 is 17.3 Å². The summed E-state index contributed by atoms with van der Waals surface area (Å²) < 4.78 is 13.1. The number of benzene rings is 1. The highest BCUT2D eigenvalue weighted by Crippen LogP contribution is 2.21. The predicted octanol–water partition coefficient (Wildman–Crippen LogP) is 2.53. The minimum atomic E-state index is -1.02. The SMILES string of the molecule is CC(C)(O)CNC(=O)c1cc2ccc(F)cc2nc1Cl. The van der Waals surface area contributed by atoms with Gasteiger partial charge in [-0.15, -0.1) is 0 Å². The van der Waals surface area contributed by atoms with Crippen LogP contribution in [-0.2, 0) is 0 Å². The van der Waals surface area contributed by atoms with Gasteiger partial charge in [0.05, 0.1) is 16.7 Å². The maximum atomic E-state index is 13.1. The third kappa shape index (κ3) is 3.43. The molecule has 4 nitrogen and oxygen atoms in total. The minimum absolute atomic E-state index is 0.00338. The molecule has 0 aliphatic rings. The number of hydrogen-bond donors (Lipinski definition) is 2. The molecular formula is C14H14ClFN2O2. The number of aliphatic hydroxyl groups is 1. The van der Waals surface area contributed by atoms with Crippen LogP contribution in [0.1, 0.15) is 24.2 Å². The maximum Gasteiger partial charge on any atom is 0.254 e. The quantitative estimate of drug-likeness (QED) is 0.856. The molecule has 20 heavy (non-hydrogen) atoms. The van der Waals surface area contributed by atoms with Crippen LogP contribution in [0.25, 0.3) is 10.9 Å². The summed E-state index contributed by atoms with van der Waals surface area (Å²) in [7, 11) is 0. The number of rotatable bonds is 3. The summed E-state index contributed by atoms with van der Waals surface area (Å²) in [6, 6.07) is 5.61. The Labute approximate surface area is 120 Å². The molecule has 1 heterocycles. The lowest BCUT2D eigenvalue weighted by molar-refractivity contribution is 0.0694. The predicted molar refractivity (Wildman–Crippen MR) is 75.3 cm³/mol. The lowest BCUT2D eigenvalue weighted by atomic mass is 10.1. The molecule has 0 radical (unpaired) electrons. The van der Waals surface area contributed by atoms with Crippen molar-refractivity contribution in [1.82, 2.24) is 10.3 Å². The first-order valence-corrected chi connectivity index (χ1v) is 6.40. The minimum Gasteiger partial charge on any atom is -0.389 e. The van der Waals surface area contributed by atoms with Crippen molar-refractivity contribution in [2.45, 2.75) is 19.4 Å². The molecule has 1 aromatic carbocycles. The number of hydrogen-bond acceptors (Lipinski definition) is 3. The van der Waals surface area contributed by atoms with Gasteiger partial charge in [-0.2, -0.15) is 0 Å². The number of halogens is 2.